The van der Waals surface area contributed by atoms with Gasteiger partial charge in [0.15, 0.2) is 17.2 Å². The normalized spacial score (nSPS) is 23.3. The summed E-state index contributed by atoms with van der Waals surface area (Å²) in [7, 11) is 1.54. The Morgan fingerprint density at radius 3 is 2.58 bits per heavy atom. The molecule has 6 nitrogen and oxygen atoms in total. The molecule has 8 heteroatoms. The van der Waals surface area contributed by atoms with Gasteiger partial charge in [-0.15, -0.1) is 0 Å². The molecule has 1 aromatic heterocycles. The highest BCUT2D eigenvalue weighted by Gasteiger charge is 2.27. The molecule has 1 saturated heterocycles. The number of nitrogens with one attached hydrogen (secondary N) is 1. The minimum atomic E-state index is -0.906. The first kappa shape index (κ1) is 22.1. The van der Waals surface area contributed by atoms with Crippen LogP contribution in [0.3, 0.4) is 0 Å². The molecule has 1 amide bonds. The van der Waals surface area contributed by atoms with Crippen molar-refractivity contribution in [1.29, 1.82) is 0 Å². The maximum Gasteiger partial charge on any atom is 0.246 e. The summed E-state index contributed by atoms with van der Waals surface area (Å²) in [5, 5.41) is 7.76. The zero-order valence-corrected chi connectivity index (χ0v) is 18.0. The topological polar surface area (TPSA) is 67.6 Å². The van der Waals surface area contributed by atoms with Gasteiger partial charge < -0.3 is 19.5 Å². The number of likely N-dealkylation sites (tertiary alicyclic amines) is 1. The van der Waals surface area contributed by atoms with Gasteiger partial charge in [-0.25, -0.2) is 8.78 Å². The van der Waals surface area contributed by atoms with Crippen molar-refractivity contribution in [3.05, 3.63) is 29.5 Å². The Kier molecular flexibility index (Phi) is 7.17. The van der Waals surface area contributed by atoms with Gasteiger partial charge in [-0.3, -0.25) is 4.79 Å². The number of aromatic nitrogens is 1. The molecule has 2 aliphatic rings. The molecule has 1 N–H and O–H groups in total. The number of benzene rings is 1. The number of nitrogens with zero attached hydrogens (tertiary/aromatic N) is 2. The summed E-state index contributed by atoms with van der Waals surface area (Å²) in [4.78, 5) is 14.1. The molecule has 1 aromatic carbocycles. The van der Waals surface area contributed by atoms with Crippen molar-refractivity contribution in [2.24, 2.45) is 5.92 Å². The van der Waals surface area contributed by atoms with Crippen LogP contribution in [0.1, 0.15) is 56.6 Å². The Morgan fingerprint density at radius 1 is 1.16 bits per heavy atom. The first-order valence-electron chi connectivity index (χ1n) is 11.3. The molecular weight excluding hydrogens is 404 g/mol. The Hall–Kier alpha value is -2.06. The Morgan fingerprint density at radius 2 is 1.87 bits per heavy atom. The Balaban J connectivity index is 1.20. The summed E-state index contributed by atoms with van der Waals surface area (Å²) >= 11 is 0. The molecule has 0 atom stereocenters. The lowest BCUT2D eigenvalue weighted by atomic mass is 9.83. The molecule has 0 spiro atoms. The summed E-state index contributed by atoms with van der Waals surface area (Å²) in [5.41, 5.74) is 1.06. The van der Waals surface area contributed by atoms with Gasteiger partial charge >= 0.3 is 0 Å². The number of methoxy groups -OCH3 is 1. The zero-order chi connectivity index (χ0) is 21.8. The third kappa shape index (κ3) is 5.41. The first-order valence-corrected chi connectivity index (χ1v) is 11.3. The lowest BCUT2D eigenvalue weighted by molar-refractivity contribution is -0.125. The lowest BCUT2D eigenvalue weighted by Gasteiger charge is -2.34. The second kappa shape index (κ2) is 10.0. The molecule has 0 bridgehead atoms. The average Bonchev–Trinajstić information content (AvgIpc) is 3.16. The van der Waals surface area contributed by atoms with Crippen molar-refractivity contribution in [2.45, 2.75) is 56.9 Å². The van der Waals surface area contributed by atoms with Crippen LogP contribution in [0.4, 0.5) is 8.78 Å². The van der Waals surface area contributed by atoms with Gasteiger partial charge in [-0.05, 0) is 76.6 Å². The van der Waals surface area contributed by atoms with Crippen LogP contribution in [-0.2, 0) is 9.53 Å². The smallest absolute Gasteiger partial charge is 0.246 e. The van der Waals surface area contributed by atoms with E-state index in [1.807, 2.05) is 0 Å². The minimum absolute atomic E-state index is 0.0263. The highest BCUT2D eigenvalue weighted by Crippen LogP contribution is 2.34. The van der Waals surface area contributed by atoms with Crippen molar-refractivity contribution in [3.8, 4) is 0 Å². The fraction of sp³-hybridized carbons (Fsp3) is 0.652. The van der Waals surface area contributed by atoms with E-state index in [4.69, 9.17) is 9.26 Å². The van der Waals surface area contributed by atoms with Gasteiger partial charge in [0.05, 0.1) is 5.69 Å². The van der Waals surface area contributed by atoms with E-state index in [2.05, 4.69) is 15.4 Å². The molecular formula is C23H31F2N3O3. The minimum Gasteiger partial charge on any atom is -0.375 e. The average molecular weight is 436 g/mol. The third-order valence-electron chi connectivity index (χ3n) is 6.86. The van der Waals surface area contributed by atoms with E-state index in [0.29, 0.717) is 16.9 Å². The van der Waals surface area contributed by atoms with E-state index in [0.717, 1.165) is 69.9 Å². The van der Waals surface area contributed by atoms with Crippen molar-refractivity contribution in [2.75, 3.05) is 33.4 Å². The van der Waals surface area contributed by atoms with E-state index in [1.165, 1.54) is 19.6 Å². The summed E-state index contributed by atoms with van der Waals surface area (Å²) in [6, 6.07) is 2.57. The number of hydrogen-bond acceptors (Lipinski definition) is 5. The molecule has 170 valence electrons. The quantitative estimate of drug-likeness (QED) is 0.712. The number of halogens is 2. The van der Waals surface area contributed by atoms with Gasteiger partial charge in [-0.2, -0.15) is 0 Å². The van der Waals surface area contributed by atoms with Crippen LogP contribution in [0.15, 0.2) is 16.7 Å². The van der Waals surface area contributed by atoms with Crippen molar-refractivity contribution < 1.29 is 22.8 Å². The largest absolute Gasteiger partial charge is 0.375 e. The third-order valence-corrected chi connectivity index (χ3v) is 6.86. The zero-order valence-electron chi connectivity index (χ0n) is 18.0. The molecule has 1 saturated carbocycles. The predicted octanol–water partition coefficient (Wildman–Crippen LogP) is 4.00. The summed E-state index contributed by atoms with van der Waals surface area (Å²) in [5.74, 6) is -0.862. The van der Waals surface area contributed by atoms with Crippen LogP contribution in [0.5, 0.6) is 0 Å². The standard InChI is InChI=1S/C23H31F2N3O3/c1-30-14-22(29)26-17-4-2-15(3-5-17)6-9-28-10-7-16(8-11-28)23-18-12-19(24)20(25)13-21(18)31-27-23/h12-13,15-17H,2-11,14H2,1H3,(H,26,29). The highest BCUT2D eigenvalue weighted by molar-refractivity contribution is 5.80. The molecule has 0 unspecified atom stereocenters. The SMILES string of the molecule is COCC(=O)NC1CCC(CCN2CCC(c3noc4cc(F)c(F)cc34)CC2)CC1. The first-order chi connectivity index (χ1) is 15.0. The number of rotatable bonds is 7. The van der Waals surface area contributed by atoms with Gasteiger partial charge in [0.1, 0.15) is 6.61 Å². The Bertz CT molecular complexity index is 888. The van der Waals surface area contributed by atoms with Crippen molar-refractivity contribution in [1.82, 2.24) is 15.4 Å². The van der Waals surface area contributed by atoms with E-state index in [-0.39, 0.29) is 24.5 Å². The van der Waals surface area contributed by atoms with Crippen molar-refractivity contribution in [3.63, 3.8) is 0 Å². The fourth-order valence-corrected chi connectivity index (χ4v) is 5.04. The molecule has 0 radical (unpaired) electrons. The second-order valence-electron chi connectivity index (χ2n) is 8.95. The van der Waals surface area contributed by atoms with Crippen LogP contribution in [0.25, 0.3) is 11.0 Å². The molecule has 2 heterocycles. The maximum absolute atomic E-state index is 13.7. The highest BCUT2D eigenvalue weighted by atomic mass is 19.2. The number of carbonyl (C=O) groups excluding carboxylic acids is 1. The van der Waals surface area contributed by atoms with Crippen LogP contribution in [0.2, 0.25) is 0 Å². The molecule has 2 fully saturated rings. The van der Waals surface area contributed by atoms with Gasteiger partial charge in [0, 0.05) is 30.5 Å². The van der Waals surface area contributed by atoms with Crippen LogP contribution in [-0.4, -0.2) is 55.4 Å². The van der Waals surface area contributed by atoms with E-state index in [9.17, 15) is 13.6 Å². The Labute approximate surface area is 181 Å². The molecule has 2 aromatic rings. The second-order valence-corrected chi connectivity index (χ2v) is 8.95. The maximum atomic E-state index is 13.7. The van der Waals surface area contributed by atoms with Crippen LogP contribution >= 0.6 is 0 Å². The molecule has 31 heavy (non-hydrogen) atoms. The lowest BCUT2D eigenvalue weighted by Crippen LogP contribution is -2.40. The van der Waals surface area contributed by atoms with E-state index >= 15 is 0 Å². The monoisotopic (exact) mass is 435 g/mol. The number of amides is 1. The van der Waals surface area contributed by atoms with Crippen LogP contribution in [0, 0.1) is 17.6 Å². The molecule has 1 aliphatic heterocycles. The number of ether oxygens (including phenoxy) is 1. The summed E-state index contributed by atoms with van der Waals surface area (Å²) in [6.45, 7) is 3.17. The van der Waals surface area contributed by atoms with Crippen molar-refractivity contribution >= 4 is 16.9 Å². The summed E-state index contributed by atoms with van der Waals surface area (Å²) in [6.07, 6.45) is 7.46. The summed E-state index contributed by atoms with van der Waals surface area (Å²) < 4.78 is 37.2. The van der Waals surface area contributed by atoms with E-state index in [1.54, 1.807) is 0 Å². The predicted molar refractivity (Wildman–Crippen MR) is 113 cm³/mol. The number of hydrogen-bond donors (Lipinski definition) is 1. The number of fused-ring (bicyclic) bond motifs is 1. The molecule has 4 rings (SSSR count). The number of piperidine rings is 1. The van der Waals surface area contributed by atoms with Crippen LogP contribution < -0.4 is 5.32 Å². The fourth-order valence-electron chi connectivity index (χ4n) is 5.04. The van der Waals surface area contributed by atoms with Gasteiger partial charge in [0.25, 0.3) is 0 Å². The van der Waals surface area contributed by atoms with Gasteiger partial charge in [-0.1, -0.05) is 5.16 Å². The van der Waals surface area contributed by atoms with E-state index < -0.39 is 11.6 Å². The van der Waals surface area contributed by atoms with Gasteiger partial charge in [0.2, 0.25) is 5.91 Å². The molecule has 1 aliphatic carbocycles. The number of carbonyl (C=O) groups is 1.